The van der Waals surface area contributed by atoms with E-state index in [1.54, 1.807) is 6.26 Å². The summed E-state index contributed by atoms with van der Waals surface area (Å²) in [6.07, 6.45) is 13.0. The molecule has 0 bridgehead atoms. The van der Waals surface area contributed by atoms with Crippen LogP contribution >= 0.6 is 0 Å². The van der Waals surface area contributed by atoms with Crippen LogP contribution < -0.4 is 9.47 Å². The first-order valence-electron chi connectivity index (χ1n) is 12.9. The molecule has 2 heterocycles. The fourth-order valence-corrected chi connectivity index (χ4v) is 4.77. The second-order valence-corrected chi connectivity index (χ2v) is 9.56. The van der Waals surface area contributed by atoms with Crippen LogP contribution in [0.3, 0.4) is 0 Å². The molecule has 1 aliphatic carbocycles. The Balaban J connectivity index is 1.36. The lowest BCUT2D eigenvalue weighted by atomic mass is 9.99. The van der Waals surface area contributed by atoms with Crippen molar-refractivity contribution in [1.82, 2.24) is 9.88 Å². The average Bonchev–Trinajstić information content (AvgIpc) is 2.87. The number of ether oxygens (including phenoxy) is 2. The highest BCUT2D eigenvalue weighted by Crippen LogP contribution is 2.31. The van der Waals surface area contributed by atoms with Crippen LogP contribution in [0, 0.1) is 13.8 Å². The maximum atomic E-state index is 10.8. The summed E-state index contributed by atoms with van der Waals surface area (Å²) in [6.45, 7) is 8.24. The number of carboxylic acids is 1. The van der Waals surface area contributed by atoms with Crippen molar-refractivity contribution in [3.8, 4) is 22.9 Å². The number of aliphatic carboxylic acids is 1. The van der Waals surface area contributed by atoms with Crippen LogP contribution in [0.5, 0.6) is 11.6 Å². The Morgan fingerprint density at radius 2 is 1.89 bits per heavy atom. The van der Waals surface area contributed by atoms with Crippen molar-refractivity contribution in [2.45, 2.75) is 52.4 Å². The minimum atomic E-state index is -0.777. The van der Waals surface area contributed by atoms with Gasteiger partial charge >= 0.3 is 5.97 Å². The highest BCUT2D eigenvalue weighted by molar-refractivity contribution is 5.69. The number of aryl methyl sites for hydroxylation is 2. The highest BCUT2D eigenvalue weighted by Gasteiger charge is 2.13. The molecular formula is C30H36N2O4. The monoisotopic (exact) mass is 488 g/mol. The van der Waals surface area contributed by atoms with Gasteiger partial charge in [-0.2, -0.15) is 0 Å². The number of benzene rings is 1. The molecule has 1 aromatic carbocycles. The smallest absolute Gasteiger partial charge is 0.303 e. The molecule has 0 unspecified atom stereocenters. The standard InChI is InChI=1S/C30H36N2O4/c1-22-19-26(35-18-17-32-15-4-3-5-16-32)20-23(2)30(22)27-7-6-8-28(31-27)36-21-25-11-9-24(10-12-25)13-14-29(33)34/h6-11,19-21H,3-5,12-18H2,1-2H3,(H,33,34). The number of hydrogen-bond acceptors (Lipinski definition) is 5. The van der Waals surface area contributed by atoms with E-state index in [0.717, 1.165) is 45.8 Å². The zero-order valence-electron chi connectivity index (χ0n) is 21.3. The number of hydrogen-bond donors (Lipinski definition) is 1. The molecule has 0 atom stereocenters. The minimum Gasteiger partial charge on any atom is -0.492 e. The third-order valence-corrected chi connectivity index (χ3v) is 6.68. The van der Waals surface area contributed by atoms with Gasteiger partial charge in [0.2, 0.25) is 5.88 Å². The van der Waals surface area contributed by atoms with Crippen LogP contribution in [0.1, 0.15) is 49.7 Å². The number of carbonyl (C=O) groups is 1. The molecule has 0 saturated carbocycles. The Morgan fingerprint density at radius 3 is 2.58 bits per heavy atom. The van der Waals surface area contributed by atoms with E-state index < -0.39 is 5.97 Å². The van der Waals surface area contributed by atoms with E-state index in [1.807, 2.05) is 36.4 Å². The lowest BCUT2D eigenvalue weighted by Gasteiger charge is -2.26. The number of nitrogens with zero attached hydrogens (tertiary/aromatic N) is 2. The zero-order chi connectivity index (χ0) is 25.3. The van der Waals surface area contributed by atoms with E-state index in [2.05, 4.69) is 30.9 Å². The van der Waals surface area contributed by atoms with Crippen LogP contribution in [-0.2, 0) is 4.79 Å². The Morgan fingerprint density at radius 1 is 1.11 bits per heavy atom. The molecule has 4 rings (SSSR count). The van der Waals surface area contributed by atoms with Crippen molar-refractivity contribution in [2.75, 3.05) is 26.2 Å². The molecule has 190 valence electrons. The van der Waals surface area contributed by atoms with Crippen molar-refractivity contribution in [2.24, 2.45) is 0 Å². The van der Waals surface area contributed by atoms with Gasteiger partial charge in [-0.3, -0.25) is 9.69 Å². The largest absolute Gasteiger partial charge is 0.492 e. The summed E-state index contributed by atoms with van der Waals surface area (Å²) >= 11 is 0. The van der Waals surface area contributed by atoms with E-state index in [4.69, 9.17) is 19.6 Å². The van der Waals surface area contributed by atoms with Gasteiger partial charge in [-0.15, -0.1) is 0 Å². The predicted octanol–water partition coefficient (Wildman–Crippen LogP) is 6.24. The summed E-state index contributed by atoms with van der Waals surface area (Å²) < 4.78 is 12.0. The molecule has 36 heavy (non-hydrogen) atoms. The molecule has 6 heteroatoms. The Kier molecular flexibility index (Phi) is 8.95. The summed E-state index contributed by atoms with van der Waals surface area (Å²) in [5.41, 5.74) is 6.27. The van der Waals surface area contributed by atoms with Crippen molar-refractivity contribution >= 4 is 5.97 Å². The first-order valence-corrected chi connectivity index (χ1v) is 12.9. The summed E-state index contributed by atoms with van der Waals surface area (Å²) in [5, 5.41) is 8.84. The van der Waals surface area contributed by atoms with Crippen LogP contribution in [0.15, 0.2) is 66.0 Å². The summed E-state index contributed by atoms with van der Waals surface area (Å²) in [5.74, 6) is 0.665. The number of carboxylic acid groups (broad SMARTS) is 1. The Hall–Kier alpha value is -3.38. The topological polar surface area (TPSA) is 71.9 Å². The number of allylic oxidation sites excluding steroid dienone is 5. The van der Waals surface area contributed by atoms with Crippen LogP contribution in [-0.4, -0.2) is 47.2 Å². The fraction of sp³-hybridized carbons (Fsp3) is 0.400. The van der Waals surface area contributed by atoms with Gasteiger partial charge in [0, 0.05) is 24.6 Å². The second kappa shape index (κ2) is 12.5. The summed E-state index contributed by atoms with van der Waals surface area (Å²) in [7, 11) is 0. The fourth-order valence-electron chi connectivity index (χ4n) is 4.77. The lowest BCUT2D eigenvalue weighted by Crippen LogP contribution is -2.33. The third-order valence-electron chi connectivity index (χ3n) is 6.68. The maximum absolute atomic E-state index is 10.8. The van der Waals surface area contributed by atoms with E-state index >= 15 is 0 Å². The SMILES string of the molecule is Cc1cc(OCCN2CCCCC2)cc(C)c1-c1cccc(OC=C2C=CC(CCC(=O)O)=CC2)n1. The van der Waals surface area contributed by atoms with Crippen molar-refractivity contribution in [3.63, 3.8) is 0 Å². The lowest BCUT2D eigenvalue weighted by molar-refractivity contribution is -0.136. The van der Waals surface area contributed by atoms with Gasteiger partial charge in [0.25, 0.3) is 0 Å². The van der Waals surface area contributed by atoms with Crippen LogP contribution in [0.25, 0.3) is 11.3 Å². The van der Waals surface area contributed by atoms with Crippen LogP contribution in [0.4, 0.5) is 0 Å². The van der Waals surface area contributed by atoms with Crippen molar-refractivity contribution in [1.29, 1.82) is 0 Å². The Bertz CT molecular complexity index is 1140. The number of pyridine rings is 1. The van der Waals surface area contributed by atoms with Gasteiger partial charge < -0.3 is 14.6 Å². The van der Waals surface area contributed by atoms with Gasteiger partial charge in [0.15, 0.2) is 0 Å². The quantitative estimate of drug-likeness (QED) is 0.399. The van der Waals surface area contributed by atoms with Gasteiger partial charge in [0.05, 0.1) is 12.0 Å². The molecule has 2 aliphatic rings. The second-order valence-electron chi connectivity index (χ2n) is 9.56. The number of likely N-dealkylation sites (tertiary alicyclic amines) is 1. The first-order chi connectivity index (χ1) is 17.5. The van der Waals surface area contributed by atoms with E-state index in [0.29, 0.717) is 25.3 Å². The molecule has 1 aliphatic heterocycles. The van der Waals surface area contributed by atoms with Crippen LogP contribution in [0.2, 0.25) is 0 Å². The van der Waals surface area contributed by atoms with Crippen molar-refractivity contribution < 1.29 is 19.4 Å². The summed E-state index contributed by atoms with van der Waals surface area (Å²) in [6, 6.07) is 10.0. The first kappa shape index (κ1) is 25.7. The predicted molar refractivity (Wildman–Crippen MR) is 142 cm³/mol. The maximum Gasteiger partial charge on any atom is 0.303 e. The number of piperidine rings is 1. The molecule has 1 fully saturated rings. The molecule has 0 spiro atoms. The third kappa shape index (κ3) is 7.31. The molecule has 1 saturated heterocycles. The molecular weight excluding hydrogens is 452 g/mol. The van der Waals surface area contributed by atoms with Crippen molar-refractivity contribution in [3.05, 3.63) is 77.1 Å². The number of rotatable bonds is 10. The minimum absolute atomic E-state index is 0.146. The molecule has 1 N–H and O–H groups in total. The van der Waals surface area contributed by atoms with Gasteiger partial charge in [-0.25, -0.2) is 4.98 Å². The van der Waals surface area contributed by atoms with E-state index in [1.165, 1.54) is 32.4 Å². The van der Waals surface area contributed by atoms with Gasteiger partial charge in [-0.1, -0.05) is 36.3 Å². The molecule has 0 amide bonds. The normalized spacial score (nSPS) is 17.2. The van der Waals surface area contributed by atoms with Gasteiger partial charge in [0.1, 0.15) is 12.4 Å². The molecule has 0 radical (unpaired) electrons. The highest BCUT2D eigenvalue weighted by atomic mass is 16.5. The zero-order valence-corrected chi connectivity index (χ0v) is 21.3. The number of aromatic nitrogens is 1. The molecule has 2 aromatic rings. The average molecular weight is 489 g/mol. The summed E-state index contributed by atoms with van der Waals surface area (Å²) in [4.78, 5) is 18.0. The molecule has 1 aromatic heterocycles. The Labute approximate surface area is 214 Å². The van der Waals surface area contributed by atoms with Gasteiger partial charge in [-0.05, 0) is 87.5 Å². The van der Waals surface area contributed by atoms with E-state index in [9.17, 15) is 4.79 Å². The van der Waals surface area contributed by atoms with E-state index in [-0.39, 0.29) is 6.42 Å². The molecule has 6 nitrogen and oxygen atoms in total.